The van der Waals surface area contributed by atoms with Crippen LogP contribution in [0.4, 0.5) is 0 Å². The summed E-state index contributed by atoms with van der Waals surface area (Å²) in [5, 5.41) is 7.73. The molecule has 1 aromatic carbocycles. The molecule has 4 rings (SSSR count). The fourth-order valence-electron chi connectivity index (χ4n) is 3.93. The highest BCUT2D eigenvalue weighted by molar-refractivity contribution is 8.00. The highest BCUT2D eigenvalue weighted by atomic mass is 32.2. The Morgan fingerprint density at radius 1 is 1.24 bits per heavy atom. The topological polar surface area (TPSA) is 32.3 Å². The van der Waals surface area contributed by atoms with Gasteiger partial charge in [-0.25, -0.2) is 0 Å². The minimum Gasteiger partial charge on any atom is -0.334 e. The molecule has 1 saturated carbocycles. The Hall–Kier alpha value is -1.30. The molecular formula is C20H24N2OS2. The van der Waals surface area contributed by atoms with E-state index in [1.807, 2.05) is 18.2 Å². The quantitative estimate of drug-likeness (QED) is 0.778. The molecule has 2 fully saturated rings. The molecule has 1 spiro atoms. The molecule has 1 unspecified atom stereocenters. The second-order valence-electron chi connectivity index (χ2n) is 7.09. The van der Waals surface area contributed by atoms with Gasteiger partial charge in [0, 0.05) is 17.5 Å². The normalized spacial score (nSPS) is 21.2. The number of rotatable bonds is 6. The lowest BCUT2D eigenvalue weighted by Gasteiger charge is -2.29. The third-order valence-electron chi connectivity index (χ3n) is 5.48. The predicted molar refractivity (Wildman–Crippen MR) is 105 cm³/mol. The van der Waals surface area contributed by atoms with Gasteiger partial charge < -0.3 is 10.2 Å². The number of hydrogen-bond acceptors (Lipinski definition) is 4. The van der Waals surface area contributed by atoms with Gasteiger partial charge in [-0.3, -0.25) is 4.79 Å². The van der Waals surface area contributed by atoms with Crippen LogP contribution < -0.4 is 5.32 Å². The van der Waals surface area contributed by atoms with Gasteiger partial charge in [0.2, 0.25) is 5.91 Å². The van der Waals surface area contributed by atoms with Crippen LogP contribution in [0.3, 0.4) is 0 Å². The van der Waals surface area contributed by atoms with Crippen LogP contribution >= 0.6 is 23.1 Å². The van der Waals surface area contributed by atoms with Crippen LogP contribution in [0.1, 0.15) is 24.8 Å². The highest BCUT2D eigenvalue weighted by Gasteiger charge is 2.57. The Labute approximate surface area is 157 Å². The molecule has 0 bridgehead atoms. The van der Waals surface area contributed by atoms with Gasteiger partial charge in [-0.1, -0.05) is 18.2 Å². The summed E-state index contributed by atoms with van der Waals surface area (Å²) in [6.45, 7) is 2.95. The number of amides is 1. The average Bonchev–Trinajstić information content (AvgIpc) is 3.08. The van der Waals surface area contributed by atoms with Crippen molar-refractivity contribution in [1.82, 2.24) is 10.2 Å². The van der Waals surface area contributed by atoms with E-state index in [2.05, 4.69) is 39.2 Å². The van der Waals surface area contributed by atoms with Crippen molar-refractivity contribution in [3.05, 3.63) is 52.7 Å². The molecule has 1 saturated heterocycles. The Bertz CT molecular complexity index is 696. The molecule has 1 aliphatic heterocycles. The molecule has 1 N–H and O–H groups in total. The maximum Gasteiger partial charge on any atom is 0.233 e. The zero-order valence-corrected chi connectivity index (χ0v) is 16.0. The minimum absolute atomic E-state index is 0.278. The average molecular weight is 373 g/mol. The summed E-state index contributed by atoms with van der Waals surface area (Å²) in [4.78, 5) is 16.4. The summed E-state index contributed by atoms with van der Waals surface area (Å²) in [5.41, 5.74) is 1.65. The molecule has 5 heteroatoms. The van der Waals surface area contributed by atoms with E-state index in [1.54, 1.807) is 23.1 Å². The van der Waals surface area contributed by atoms with E-state index >= 15 is 0 Å². The lowest BCUT2D eigenvalue weighted by atomic mass is 9.93. The van der Waals surface area contributed by atoms with Crippen LogP contribution in [0, 0.1) is 5.41 Å². The first-order valence-corrected chi connectivity index (χ1v) is 10.9. The predicted octanol–water partition coefficient (Wildman–Crippen LogP) is 4.01. The van der Waals surface area contributed by atoms with Crippen molar-refractivity contribution >= 4 is 29.0 Å². The fraction of sp³-hybridized carbons (Fsp3) is 0.450. The van der Waals surface area contributed by atoms with Gasteiger partial charge >= 0.3 is 0 Å². The lowest BCUT2D eigenvalue weighted by Crippen LogP contribution is -2.39. The van der Waals surface area contributed by atoms with Gasteiger partial charge in [0.05, 0.1) is 5.75 Å². The number of carbonyl (C=O) groups is 1. The molecule has 25 heavy (non-hydrogen) atoms. The van der Waals surface area contributed by atoms with Crippen LogP contribution in [-0.4, -0.2) is 35.7 Å². The Morgan fingerprint density at radius 2 is 2.04 bits per heavy atom. The lowest BCUT2D eigenvalue weighted by molar-refractivity contribution is -0.130. The fourth-order valence-corrected chi connectivity index (χ4v) is 5.39. The Kier molecular flexibility index (Phi) is 5.15. The van der Waals surface area contributed by atoms with Gasteiger partial charge in [-0.05, 0) is 72.3 Å². The van der Waals surface area contributed by atoms with Crippen molar-refractivity contribution in [2.45, 2.75) is 36.7 Å². The summed E-state index contributed by atoms with van der Waals surface area (Å²) in [6, 6.07) is 12.8. The summed E-state index contributed by atoms with van der Waals surface area (Å²) in [6.07, 6.45) is 3.59. The Balaban J connectivity index is 1.44. The van der Waals surface area contributed by atoms with E-state index in [0.29, 0.717) is 17.2 Å². The minimum atomic E-state index is 0.278. The molecule has 2 aromatic rings. The summed E-state index contributed by atoms with van der Waals surface area (Å²) in [7, 11) is 0. The molecule has 0 radical (unpaired) electrons. The van der Waals surface area contributed by atoms with E-state index in [-0.39, 0.29) is 5.91 Å². The summed E-state index contributed by atoms with van der Waals surface area (Å²) >= 11 is 3.36. The van der Waals surface area contributed by atoms with Gasteiger partial charge in [0.1, 0.15) is 0 Å². The number of nitrogens with zero attached hydrogens (tertiary/aromatic N) is 1. The first-order valence-electron chi connectivity index (χ1n) is 8.96. The second-order valence-corrected chi connectivity index (χ2v) is 8.92. The first-order chi connectivity index (χ1) is 12.3. The van der Waals surface area contributed by atoms with Crippen molar-refractivity contribution in [2.24, 2.45) is 5.41 Å². The number of thiophene rings is 1. The third kappa shape index (κ3) is 3.94. The van der Waals surface area contributed by atoms with Crippen LogP contribution in [0.25, 0.3) is 0 Å². The molecule has 1 aromatic heterocycles. The van der Waals surface area contributed by atoms with Gasteiger partial charge in [0.15, 0.2) is 0 Å². The molecule has 1 atom stereocenters. The number of hydrogen-bond donors (Lipinski definition) is 1. The second kappa shape index (κ2) is 7.52. The molecule has 1 amide bonds. The van der Waals surface area contributed by atoms with E-state index < -0.39 is 0 Å². The van der Waals surface area contributed by atoms with Crippen molar-refractivity contribution in [2.75, 3.05) is 18.8 Å². The van der Waals surface area contributed by atoms with Crippen LogP contribution in [0.15, 0.2) is 52.1 Å². The van der Waals surface area contributed by atoms with E-state index in [9.17, 15) is 4.79 Å². The van der Waals surface area contributed by atoms with E-state index in [1.165, 1.54) is 29.7 Å². The van der Waals surface area contributed by atoms with Crippen molar-refractivity contribution in [3.8, 4) is 0 Å². The van der Waals surface area contributed by atoms with E-state index in [4.69, 9.17) is 0 Å². The van der Waals surface area contributed by atoms with E-state index in [0.717, 1.165) is 19.6 Å². The van der Waals surface area contributed by atoms with Crippen molar-refractivity contribution < 1.29 is 4.79 Å². The zero-order valence-electron chi connectivity index (χ0n) is 14.3. The molecule has 1 aliphatic carbocycles. The number of benzene rings is 1. The summed E-state index contributed by atoms with van der Waals surface area (Å²) in [5.74, 6) is 0.805. The number of piperidine rings is 1. The largest absolute Gasteiger partial charge is 0.334 e. The summed E-state index contributed by atoms with van der Waals surface area (Å²) < 4.78 is 0. The van der Waals surface area contributed by atoms with Crippen LogP contribution in [0.2, 0.25) is 0 Å². The standard InChI is InChI=1S/C20H24N2OS2/c23-19(15-25-17-4-2-1-3-5-17)22(13-16-6-11-24-14-16)18-12-20(18)7-9-21-10-8-20/h1-6,11,14,18,21H,7-10,12-13,15H2. The maximum atomic E-state index is 13.0. The number of nitrogens with one attached hydrogen (secondary N) is 1. The van der Waals surface area contributed by atoms with Gasteiger partial charge in [-0.15, -0.1) is 11.8 Å². The maximum absolute atomic E-state index is 13.0. The van der Waals surface area contributed by atoms with Crippen LogP contribution in [-0.2, 0) is 11.3 Å². The number of thioether (sulfide) groups is 1. The van der Waals surface area contributed by atoms with Gasteiger partial charge in [0.25, 0.3) is 0 Å². The SMILES string of the molecule is O=C(CSc1ccccc1)N(Cc1ccsc1)C1CC12CCNCC2. The molecular weight excluding hydrogens is 348 g/mol. The Morgan fingerprint density at radius 3 is 2.76 bits per heavy atom. The number of carbonyl (C=O) groups excluding carboxylic acids is 1. The van der Waals surface area contributed by atoms with Crippen LogP contribution in [0.5, 0.6) is 0 Å². The molecule has 2 aliphatic rings. The zero-order chi connectivity index (χ0) is 17.1. The first kappa shape index (κ1) is 17.1. The smallest absolute Gasteiger partial charge is 0.233 e. The van der Waals surface area contributed by atoms with Crippen molar-refractivity contribution in [3.63, 3.8) is 0 Å². The molecule has 3 nitrogen and oxygen atoms in total. The molecule has 132 valence electrons. The monoisotopic (exact) mass is 372 g/mol. The van der Waals surface area contributed by atoms with Gasteiger partial charge in [-0.2, -0.15) is 11.3 Å². The van der Waals surface area contributed by atoms with Crippen molar-refractivity contribution in [1.29, 1.82) is 0 Å². The molecule has 2 heterocycles. The third-order valence-corrected chi connectivity index (χ3v) is 7.21. The highest BCUT2D eigenvalue weighted by Crippen LogP contribution is 2.56.